The van der Waals surface area contributed by atoms with Crippen molar-refractivity contribution < 1.29 is 23.9 Å². The monoisotopic (exact) mass is 286 g/mol. The molecule has 2 aromatic rings. The second kappa shape index (κ2) is 4.48. The number of rotatable bonds is 3. The van der Waals surface area contributed by atoms with Crippen LogP contribution in [0.5, 0.6) is 0 Å². The van der Waals surface area contributed by atoms with Gasteiger partial charge in [0.2, 0.25) is 5.54 Å². The van der Waals surface area contributed by atoms with Gasteiger partial charge >= 0.3 is 12.0 Å². The first-order chi connectivity index (χ1) is 10.0. The zero-order chi connectivity index (χ0) is 15.0. The van der Waals surface area contributed by atoms with E-state index in [0.717, 1.165) is 0 Å². The second-order valence-corrected chi connectivity index (χ2v) is 4.52. The van der Waals surface area contributed by atoms with Gasteiger partial charge in [-0.1, -0.05) is 12.1 Å². The first-order valence-corrected chi connectivity index (χ1v) is 6.05. The zero-order valence-electron chi connectivity index (χ0n) is 10.6. The zero-order valence-corrected chi connectivity index (χ0v) is 10.6. The summed E-state index contributed by atoms with van der Waals surface area (Å²) in [6.45, 7) is 0. The number of carbonyl (C=O) groups excluding carboxylic acids is 2. The Bertz CT molecular complexity index is 738. The van der Waals surface area contributed by atoms with Crippen molar-refractivity contribution in [2.24, 2.45) is 0 Å². The van der Waals surface area contributed by atoms with Crippen molar-refractivity contribution in [1.82, 2.24) is 10.6 Å². The molecule has 1 aromatic heterocycles. The quantitative estimate of drug-likeness (QED) is 0.731. The van der Waals surface area contributed by atoms with Crippen molar-refractivity contribution in [2.45, 2.75) is 5.54 Å². The number of carboxylic acids is 1. The third-order valence-electron chi connectivity index (χ3n) is 3.30. The Hall–Kier alpha value is -3.09. The molecule has 7 heteroatoms. The van der Waals surface area contributed by atoms with E-state index in [1.807, 2.05) is 0 Å². The highest BCUT2D eigenvalue weighted by atomic mass is 16.4. The van der Waals surface area contributed by atoms with Crippen molar-refractivity contribution in [3.63, 3.8) is 0 Å². The molecule has 106 valence electrons. The summed E-state index contributed by atoms with van der Waals surface area (Å²) in [5.41, 5.74) is -1.25. The molecule has 1 saturated heterocycles. The van der Waals surface area contributed by atoms with Gasteiger partial charge in [-0.05, 0) is 29.8 Å². The number of imide groups is 1. The molecule has 0 saturated carbocycles. The molecule has 1 unspecified atom stereocenters. The third kappa shape index (κ3) is 1.86. The van der Waals surface area contributed by atoms with Crippen LogP contribution in [0.25, 0.3) is 0 Å². The van der Waals surface area contributed by atoms with Crippen LogP contribution in [0.2, 0.25) is 0 Å². The molecular formula is C14H10N2O5. The molecular weight excluding hydrogens is 276 g/mol. The van der Waals surface area contributed by atoms with Gasteiger partial charge in [0.15, 0.2) is 0 Å². The maximum Gasteiger partial charge on any atom is 0.335 e. The fourth-order valence-corrected chi connectivity index (χ4v) is 2.35. The lowest BCUT2D eigenvalue weighted by atomic mass is 9.86. The van der Waals surface area contributed by atoms with Gasteiger partial charge in [0.1, 0.15) is 5.76 Å². The van der Waals surface area contributed by atoms with E-state index in [1.165, 1.54) is 24.5 Å². The normalized spacial score (nSPS) is 21.0. The molecule has 0 spiro atoms. The van der Waals surface area contributed by atoms with Gasteiger partial charge in [-0.2, -0.15) is 0 Å². The van der Waals surface area contributed by atoms with Crippen molar-refractivity contribution in [3.05, 3.63) is 59.5 Å². The molecule has 1 aromatic carbocycles. The van der Waals surface area contributed by atoms with Crippen molar-refractivity contribution in [3.8, 4) is 0 Å². The molecule has 3 rings (SSSR count). The van der Waals surface area contributed by atoms with E-state index >= 15 is 0 Å². The van der Waals surface area contributed by atoms with Gasteiger partial charge in [-0.15, -0.1) is 0 Å². The van der Waals surface area contributed by atoms with Crippen molar-refractivity contribution in [2.75, 3.05) is 0 Å². The Labute approximate surface area is 118 Å². The highest BCUT2D eigenvalue weighted by molar-refractivity contribution is 6.09. The van der Waals surface area contributed by atoms with Crippen molar-refractivity contribution in [1.29, 1.82) is 0 Å². The number of benzene rings is 1. The largest absolute Gasteiger partial charge is 0.478 e. The Morgan fingerprint density at radius 2 is 2.00 bits per heavy atom. The van der Waals surface area contributed by atoms with E-state index in [4.69, 9.17) is 9.52 Å². The second-order valence-electron chi connectivity index (χ2n) is 4.52. The first kappa shape index (κ1) is 12.9. The third-order valence-corrected chi connectivity index (χ3v) is 3.30. The molecule has 1 aliphatic rings. The number of carboxylic acid groups (broad SMARTS) is 1. The van der Waals surface area contributed by atoms with E-state index in [2.05, 4.69) is 10.6 Å². The van der Waals surface area contributed by atoms with E-state index in [9.17, 15) is 14.4 Å². The highest BCUT2D eigenvalue weighted by Crippen LogP contribution is 2.33. The predicted octanol–water partition coefficient (Wildman–Crippen LogP) is 1.06. The lowest BCUT2D eigenvalue weighted by molar-refractivity contribution is -0.123. The molecule has 21 heavy (non-hydrogen) atoms. The van der Waals surface area contributed by atoms with Gasteiger partial charge in [-0.3, -0.25) is 10.1 Å². The van der Waals surface area contributed by atoms with E-state index < -0.39 is 23.4 Å². The summed E-state index contributed by atoms with van der Waals surface area (Å²) in [6.07, 6.45) is 1.37. The molecule has 2 heterocycles. The predicted molar refractivity (Wildman–Crippen MR) is 69.6 cm³/mol. The Kier molecular flexibility index (Phi) is 2.76. The lowest BCUT2D eigenvalue weighted by Gasteiger charge is -2.24. The van der Waals surface area contributed by atoms with Gasteiger partial charge in [0.25, 0.3) is 5.91 Å². The summed E-state index contributed by atoms with van der Waals surface area (Å²) in [5, 5.41) is 13.7. The van der Waals surface area contributed by atoms with Crippen LogP contribution in [0.3, 0.4) is 0 Å². The van der Waals surface area contributed by atoms with Gasteiger partial charge in [0.05, 0.1) is 11.8 Å². The van der Waals surface area contributed by atoms with E-state index in [1.54, 1.807) is 18.2 Å². The number of nitrogens with one attached hydrogen (secondary N) is 2. The molecule has 0 aliphatic carbocycles. The molecule has 1 atom stereocenters. The fraction of sp³-hybridized carbons (Fsp3) is 0.0714. The highest BCUT2D eigenvalue weighted by Gasteiger charge is 2.51. The summed E-state index contributed by atoms with van der Waals surface area (Å²) in [7, 11) is 0. The maximum atomic E-state index is 12.3. The molecule has 3 N–H and O–H groups in total. The van der Waals surface area contributed by atoms with Crippen LogP contribution in [0.4, 0.5) is 4.79 Å². The summed E-state index contributed by atoms with van der Waals surface area (Å²) in [4.78, 5) is 34.9. The van der Waals surface area contributed by atoms with Crippen LogP contribution < -0.4 is 10.6 Å². The van der Waals surface area contributed by atoms with E-state index in [-0.39, 0.29) is 11.3 Å². The Balaban J connectivity index is 2.22. The molecule has 0 bridgehead atoms. The van der Waals surface area contributed by atoms with Crippen LogP contribution in [0, 0.1) is 0 Å². The number of urea groups is 1. The lowest BCUT2D eigenvalue weighted by Crippen LogP contribution is -2.44. The maximum absolute atomic E-state index is 12.3. The molecule has 0 radical (unpaired) electrons. The van der Waals surface area contributed by atoms with Gasteiger partial charge < -0.3 is 14.8 Å². The minimum Gasteiger partial charge on any atom is -0.478 e. The van der Waals surface area contributed by atoms with Crippen molar-refractivity contribution >= 4 is 17.9 Å². The van der Waals surface area contributed by atoms with Crippen LogP contribution in [-0.2, 0) is 10.3 Å². The van der Waals surface area contributed by atoms with Crippen LogP contribution in [0.1, 0.15) is 21.7 Å². The number of carbonyl (C=O) groups is 3. The Morgan fingerprint density at radius 3 is 2.57 bits per heavy atom. The summed E-state index contributed by atoms with van der Waals surface area (Å²) >= 11 is 0. The SMILES string of the molecule is O=C1NC(=O)C(c2cccc(C(=O)O)c2)(c2ccco2)N1. The molecule has 7 nitrogen and oxygen atoms in total. The van der Waals surface area contributed by atoms with Crippen LogP contribution in [-0.4, -0.2) is 23.0 Å². The number of aromatic carboxylic acids is 1. The fourth-order valence-electron chi connectivity index (χ4n) is 2.35. The molecule has 1 aliphatic heterocycles. The number of amides is 3. The average Bonchev–Trinajstić information content (AvgIpc) is 3.07. The van der Waals surface area contributed by atoms with Crippen LogP contribution >= 0.6 is 0 Å². The van der Waals surface area contributed by atoms with Crippen LogP contribution in [0.15, 0.2) is 47.1 Å². The van der Waals surface area contributed by atoms with Gasteiger partial charge in [-0.25, -0.2) is 9.59 Å². The summed E-state index contributed by atoms with van der Waals surface area (Å²) < 4.78 is 5.27. The minimum absolute atomic E-state index is 0.00683. The average molecular weight is 286 g/mol. The number of hydrogen-bond donors (Lipinski definition) is 3. The summed E-state index contributed by atoms with van der Waals surface area (Å²) in [5.74, 6) is -1.55. The minimum atomic E-state index is -1.56. The van der Waals surface area contributed by atoms with E-state index in [0.29, 0.717) is 5.56 Å². The standard InChI is InChI=1S/C14H10N2O5/c17-11(18)8-3-1-4-9(7-8)14(10-5-2-6-21-10)12(19)15-13(20)16-14/h1-7H,(H,17,18)(H2,15,16,19,20). The topological polar surface area (TPSA) is 109 Å². The first-order valence-electron chi connectivity index (χ1n) is 6.05. The Morgan fingerprint density at radius 1 is 1.19 bits per heavy atom. The number of furan rings is 1. The molecule has 3 amide bonds. The molecule has 1 fully saturated rings. The summed E-state index contributed by atoms with van der Waals surface area (Å²) in [6, 6.07) is 8.24. The van der Waals surface area contributed by atoms with Gasteiger partial charge in [0, 0.05) is 0 Å². The smallest absolute Gasteiger partial charge is 0.335 e. The number of hydrogen-bond acceptors (Lipinski definition) is 4.